The molecule has 2 aliphatic heterocycles. The minimum Gasteiger partial charge on any atom is -0.310 e. The predicted octanol–water partition coefficient (Wildman–Crippen LogP) is 2.31. The number of carbonyl (C=O) groups is 1. The molecule has 0 spiro atoms. The van der Waals surface area contributed by atoms with Crippen LogP contribution in [0.15, 0.2) is 23.5 Å². The van der Waals surface area contributed by atoms with Crippen molar-refractivity contribution < 1.29 is 8.80 Å². The van der Waals surface area contributed by atoms with E-state index in [9.17, 15) is 4.79 Å². The molecule has 5 nitrogen and oxygen atoms in total. The van der Waals surface area contributed by atoms with Gasteiger partial charge in [-0.05, 0) is 19.8 Å². The Hall–Kier alpha value is -1.22. The van der Waals surface area contributed by atoms with E-state index in [2.05, 4.69) is 0 Å². The van der Waals surface area contributed by atoms with Gasteiger partial charge in [0.15, 0.2) is 11.8 Å². The molecule has 0 aromatic rings. The summed E-state index contributed by atoms with van der Waals surface area (Å²) in [5, 5.41) is 9.02. The van der Waals surface area contributed by atoms with E-state index < -0.39 is 0 Å². The summed E-state index contributed by atoms with van der Waals surface area (Å²) in [6, 6.07) is 1.93. The molecule has 2 aliphatic rings. The van der Waals surface area contributed by atoms with Crippen LogP contribution in [0.1, 0.15) is 19.8 Å². The molecule has 0 aromatic heterocycles. The maximum absolute atomic E-state index is 12.3. The molecular formula is C13H17Cl2N4O+. The molecule has 0 saturated carbocycles. The van der Waals surface area contributed by atoms with Crippen LogP contribution >= 0.6 is 23.6 Å². The first-order valence-electron chi connectivity index (χ1n) is 6.38. The highest BCUT2D eigenvalue weighted by Gasteiger charge is 2.43. The van der Waals surface area contributed by atoms with Gasteiger partial charge in [0, 0.05) is 29.6 Å². The zero-order valence-electron chi connectivity index (χ0n) is 11.7. The van der Waals surface area contributed by atoms with Crippen molar-refractivity contribution in [2.45, 2.75) is 32.0 Å². The van der Waals surface area contributed by atoms with Crippen molar-refractivity contribution in [1.29, 1.82) is 5.26 Å². The van der Waals surface area contributed by atoms with Crippen LogP contribution in [-0.4, -0.2) is 45.5 Å². The van der Waals surface area contributed by atoms with Crippen LogP contribution in [-0.2, 0) is 4.79 Å². The van der Waals surface area contributed by atoms with Gasteiger partial charge in [-0.15, -0.1) is 0 Å². The van der Waals surface area contributed by atoms with Gasteiger partial charge in [0.05, 0.1) is 14.1 Å². The Bertz CT molecular complexity index is 529. The number of hydrogen-bond donors (Lipinski definition) is 0. The maximum atomic E-state index is 12.3. The summed E-state index contributed by atoms with van der Waals surface area (Å²) in [7, 11) is 3.66. The second kappa shape index (κ2) is 5.28. The Balaban J connectivity index is 2.47. The summed E-state index contributed by atoms with van der Waals surface area (Å²) in [6.45, 7) is 1.97. The van der Waals surface area contributed by atoms with Gasteiger partial charge >= 0.3 is 0 Å². The molecule has 1 fully saturated rings. The molecule has 0 N–H and O–H groups in total. The van der Waals surface area contributed by atoms with E-state index in [4.69, 9.17) is 28.8 Å². The molecule has 7 heteroatoms. The molecule has 2 rings (SSSR count). The lowest BCUT2D eigenvalue weighted by Gasteiger charge is -2.46. The van der Waals surface area contributed by atoms with Crippen LogP contribution in [0.5, 0.6) is 0 Å². The second-order valence-electron chi connectivity index (χ2n) is 5.58. The molecule has 0 bridgehead atoms. The molecule has 2 unspecified atom stereocenters. The van der Waals surface area contributed by atoms with E-state index in [1.54, 1.807) is 4.90 Å². The third-order valence-corrected chi connectivity index (χ3v) is 3.85. The fraction of sp³-hybridized carbons (Fsp3) is 0.538. The van der Waals surface area contributed by atoms with Crippen molar-refractivity contribution in [3.63, 3.8) is 0 Å². The Morgan fingerprint density at radius 3 is 2.75 bits per heavy atom. The van der Waals surface area contributed by atoms with E-state index in [-0.39, 0.29) is 27.7 Å². The van der Waals surface area contributed by atoms with Crippen LogP contribution in [0, 0.1) is 11.3 Å². The largest absolute Gasteiger partial charge is 0.310 e. The minimum atomic E-state index is -0.374. The van der Waals surface area contributed by atoms with E-state index in [1.165, 1.54) is 10.6 Å². The molecule has 0 aliphatic carbocycles. The summed E-state index contributed by atoms with van der Waals surface area (Å²) in [6.07, 6.45) is 4.56. The molecule has 2 atom stereocenters. The van der Waals surface area contributed by atoms with Crippen molar-refractivity contribution in [3.05, 3.63) is 23.5 Å². The van der Waals surface area contributed by atoms with Crippen molar-refractivity contribution in [1.82, 2.24) is 9.32 Å². The smallest absolute Gasteiger partial charge is 0.268 e. The molecule has 108 valence electrons. The standard InChI is InChI=1S/C13H17Cl2N4O/c1-9-4-5-10(8-19(2,3)15)12-17(14)7-11(6-16)13(20)18(9)12/h7-9,12H,4-5H2,1-3H3/q+1. The van der Waals surface area contributed by atoms with Gasteiger partial charge in [-0.25, -0.2) is 4.00 Å². The Kier molecular flexibility index (Phi) is 4.01. The lowest BCUT2D eigenvalue weighted by Crippen LogP contribution is -2.57. The van der Waals surface area contributed by atoms with Crippen molar-refractivity contribution in [3.8, 4) is 6.07 Å². The normalized spacial score (nSPS) is 29.1. The number of rotatable bonds is 1. The van der Waals surface area contributed by atoms with Crippen LogP contribution in [0.4, 0.5) is 0 Å². The maximum Gasteiger partial charge on any atom is 0.268 e. The number of nitriles is 1. The number of quaternary nitrogens is 1. The number of carbonyl (C=O) groups excluding carboxylic acids is 1. The molecular weight excluding hydrogens is 299 g/mol. The number of fused-ring (bicyclic) bond motifs is 1. The van der Waals surface area contributed by atoms with Gasteiger partial charge in [0.25, 0.3) is 5.91 Å². The SMILES string of the molecule is CC1CCC(=C[N+](C)(C)Cl)C2N(Cl)C=C(C#N)C(=O)N12. The quantitative estimate of drug-likeness (QED) is 0.698. The number of halogens is 2. The fourth-order valence-electron chi connectivity index (χ4n) is 2.64. The fourth-order valence-corrected chi connectivity index (χ4v) is 3.08. The molecule has 1 saturated heterocycles. The Morgan fingerprint density at radius 2 is 2.20 bits per heavy atom. The molecule has 0 radical (unpaired) electrons. The van der Waals surface area contributed by atoms with Crippen LogP contribution < -0.4 is 0 Å². The monoisotopic (exact) mass is 315 g/mol. The molecule has 1 amide bonds. The van der Waals surface area contributed by atoms with Crippen LogP contribution in [0.3, 0.4) is 0 Å². The number of nitrogens with zero attached hydrogens (tertiary/aromatic N) is 4. The zero-order chi connectivity index (χ0) is 15.1. The van der Waals surface area contributed by atoms with Crippen molar-refractivity contribution in [2.75, 3.05) is 14.1 Å². The van der Waals surface area contributed by atoms with Gasteiger partial charge in [0.1, 0.15) is 24.0 Å². The second-order valence-corrected chi connectivity index (χ2v) is 6.84. The van der Waals surface area contributed by atoms with Crippen molar-refractivity contribution >= 4 is 29.5 Å². The lowest BCUT2D eigenvalue weighted by molar-refractivity contribution is -0.713. The minimum absolute atomic E-state index is 0.0360. The zero-order valence-corrected chi connectivity index (χ0v) is 13.2. The number of amides is 1. The average Bonchev–Trinajstić information content (AvgIpc) is 2.34. The Labute approximate surface area is 129 Å². The summed E-state index contributed by atoms with van der Waals surface area (Å²) in [4.78, 5) is 14.0. The van der Waals surface area contributed by atoms with E-state index in [0.717, 1.165) is 18.4 Å². The van der Waals surface area contributed by atoms with Gasteiger partial charge in [-0.2, -0.15) is 5.26 Å². The third kappa shape index (κ3) is 2.78. The predicted molar refractivity (Wildman–Crippen MR) is 76.8 cm³/mol. The number of piperidine rings is 1. The summed E-state index contributed by atoms with van der Waals surface area (Å²) in [5.74, 6) is -0.271. The topological polar surface area (TPSA) is 47.3 Å². The lowest BCUT2D eigenvalue weighted by atomic mass is 9.93. The first-order valence-corrected chi connectivity index (χ1v) is 7.06. The summed E-state index contributed by atoms with van der Waals surface area (Å²) < 4.78 is 1.54. The summed E-state index contributed by atoms with van der Waals surface area (Å²) in [5.41, 5.74) is 1.05. The van der Waals surface area contributed by atoms with Crippen LogP contribution in [0.25, 0.3) is 0 Å². The highest BCUT2D eigenvalue weighted by atomic mass is 35.5. The molecule has 0 aromatic carbocycles. The van der Waals surface area contributed by atoms with E-state index >= 15 is 0 Å². The molecule has 2 heterocycles. The summed E-state index contributed by atoms with van der Waals surface area (Å²) >= 11 is 12.4. The van der Waals surface area contributed by atoms with Crippen molar-refractivity contribution in [2.24, 2.45) is 0 Å². The first-order chi connectivity index (χ1) is 9.24. The van der Waals surface area contributed by atoms with Gasteiger partial charge in [0.2, 0.25) is 0 Å². The number of hydrogen-bond acceptors (Lipinski definition) is 3. The van der Waals surface area contributed by atoms with Gasteiger partial charge in [-0.3, -0.25) is 9.21 Å². The third-order valence-electron chi connectivity index (χ3n) is 3.47. The first kappa shape index (κ1) is 15.2. The highest BCUT2D eigenvalue weighted by Crippen LogP contribution is 2.36. The van der Waals surface area contributed by atoms with E-state index in [1.807, 2.05) is 33.3 Å². The highest BCUT2D eigenvalue weighted by molar-refractivity contribution is 6.16. The van der Waals surface area contributed by atoms with E-state index in [0.29, 0.717) is 0 Å². The van der Waals surface area contributed by atoms with Crippen LogP contribution in [0.2, 0.25) is 0 Å². The van der Waals surface area contributed by atoms with Gasteiger partial charge in [-0.1, -0.05) is 0 Å². The Morgan fingerprint density at radius 1 is 1.55 bits per heavy atom. The molecule has 20 heavy (non-hydrogen) atoms. The average molecular weight is 316 g/mol. The van der Waals surface area contributed by atoms with Gasteiger partial charge < -0.3 is 4.90 Å².